The predicted molar refractivity (Wildman–Crippen MR) is 102 cm³/mol. The molecule has 0 amide bonds. The third-order valence-electron chi connectivity index (χ3n) is 3.80. The molecule has 4 aromatic rings. The Morgan fingerprint density at radius 1 is 0.600 bits per heavy atom. The molecule has 0 aliphatic carbocycles. The van der Waals surface area contributed by atoms with Gasteiger partial charge in [0.2, 0.25) is 0 Å². The van der Waals surface area contributed by atoms with E-state index in [1.165, 1.54) is 0 Å². The van der Waals surface area contributed by atoms with E-state index in [9.17, 15) is 0 Å². The van der Waals surface area contributed by atoms with Crippen LogP contribution in [0.2, 0.25) is 10.0 Å². The summed E-state index contributed by atoms with van der Waals surface area (Å²) in [6.07, 6.45) is 0. The number of halogens is 2. The maximum Gasteiger partial charge on any atom is 0.121 e. The molecule has 0 aliphatic heterocycles. The number of aromatic nitrogens is 3. The van der Waals surface area contributed by atoms with Crippen LogP contribution in [0.5, 0.6) is 0 Å². The fourth-order valence-electron chi connectivity index (χ4n) is 2.64. The van der Waals surface area contributed by atoms with Crippen LogP contribution in [0, 0.1) is 0 Å². The average Bonchev–Trinajstić information content (AvgIpc) is 3.08. The van der Waals surface area contributed by atoms with Gasteiger partial charge in [-0.1, -0.05) is 65.7 Å². The average molecular weight is 366 g/mol. The smallest absolute Gasteiger partial charge is 0.121 e. The van der Waals surface area contributed by atoms with Crippen molar-refractivity contribution in [1.82, 2.24) is 15.0 Å². The van der Waals surface area contributed by atoms with Crippen LogP contribution in [0.25, 0.3) is 28.2 Å². The molecule has 4 rings (SSSR count). The van der Waals surface area contributed by atoms with Crippen molar-refractivity contribution in [2.24, 2.45) is 0 Å². The van der Waals surface area contributed by atoms with Crippen LogP contribution in [-0.4, -0.2) is 15.0 Å². The zero-order valence-electron chi connectivity index (χ0n) is 13.1. The van der Waals surface area contributed by atoms with E-state index in [2.05, 4.69) is 0 Å². The van der Waals surface area contributed by atoms with E-state index in [0.717, 1.165) is 28.2 Å². The third kappa shape index (κ3) is 3.29. The quantitative estimate of drug-likeness (QED) is 0.451. The second kappa shape index (κ2) is 6.71. The highest BCUT2D eigenvalue weighted by atomic mass is 35.5. The number of hydrogen-bond acceptors (Lipinski definition) is 2. The number of rotatable bonds is 3. The Balaban J connectivity index is 1.93. The Morgan fingerprint density at radius 3 is 1.60 bits per heavy atom. The summed E-state index contributed by atoms with van der Waals surface area (Å²) in [6, 6.07) is 25.0. The molecular formula is C20H13Cl2N3. The van der Waals surface area contributed by atoms with Crippen LogP contribution in [0.3, 0.4) is 0 Å². The van der Waals surface area contributed by atoms with E-state index in [0.29, 0.717) is 10.0 Å². The van der Waals surface area contributed by atoms with Crippen molar-refractivity contribution in [3.63, 3.8) is 0 Å². The number of hydrogen-bond donors (Lipinski definition) is 0. The second-order valence-corrected chi connectivity index (χ2v) is 6.42. The lowest BCUT2D eigenvalue weighted by atomic mass is 10.1. The van der Waals surface area contributed by atoms with Crippen molar-refractivity contribution < 1.29 is 0 Å². The number of para-hydroxylation sites is 1. The van der Waals surface area contributed by atoms with E-state index >= 15 is 0 Å². The Bertz CT molecular complexity index is 963. The lowest BCUT2D eigenvalue weighted by molar-refractivity contribution is 0.755. The van der Waals surface area contributed by atoms with Crippen molar-refractivity contribution in [2.75, 3.05) is 0 Å². The van der Waals surface area contributed by atoms with Gasteiger partial charge in [0.15, 0.2) is 0 Å². The van der Waals surface area contributed by atoms with Crippen LogP contribution in [0.4, 0.5) is 0 Å². The summed E-state index contributed by atoms with van der Waals surface area (Å²) in [7, 11) is 0. The Morgan fingerprint density at radius 2 is 1.12 bits per heavy atom. The van der Waals surface area contributed by atoms with E-state index in [-0.39, 0.29) is 0 Å². The standard InChI is InChI=1S/C20H13Cl2N3/c21-16-8-4-6-14(12-16)19-20(15-7-5-9-17(22)13-15)24-25(23-19)18-10-2-1-3-11-18/h1-13H. The lowest BCUT2D eigenvalue weighted by Gasteiger charge is -2.02. The first-order valence-electron chi connectivity index (χ1n) is 7.75. The summed E-state index contributed by atoms with van der Waals surface area (Å²) in [5.41, 5.74) is 4.22. The Kier molecular flexibility index (Phi) is 4.26. The molecule has 0 bridgehead atoms. The summed E-state index contributed by atoms with van der Waals surface area (Å²) in [4.78, 5) is 1.63. The van der Waals surface area contributed by atoms with E-state index in [1.54, 1.807) is 4.80 Å². The number of benzene rings is 3. The van der Waals surface area contributed by atoms with Crippen molar-refractivity contribution in [3.8, 4) is 28.2 Å². The van der Waals surface area contributed by atoms with E-state index in [1.807, 2.05) is 78.9 Å². The minimum atomic E-state index is 0.656. The first-order valence-corrected chi connectivity index (χ1v) is 8.51. The van der Waals surface area contributed by atoms with Crippen molar-refractivity contribution in [1.29, 1.82) is 0 Å². The van der Waals surface area contributed by atoms with Gasteiger partial charge in [-0.15, -0.1) is 10.2 Å². The molecule has 122 valence electrons. The zero-order valence-corrected chi connectivity index (χ0v) is 14.6. The summed E-state index contributed by atoms with van der Waals surface area (Å²) in [5.74, 6) is 0. The molecule has 0 saturated heterocycles. The van der Waals surface area contributed by atoms with Crippen molar-refractivity contribution in [2.45, 2.75) is 0 Å². The molecule has 0 fully saturated rings. The first kappa shape index (κ1) is 15.9. The van der Waals surface area contributed by atoms with Gasteiger partial charge in [-0.05, 0) is 36.4 Å². The van der Waals surface area contributed by atoms with E-state index < -0.39 is 0 Å². The Labute approximate surface area is 155 Å². The van der Waals surface area contributed by atoms with Gasteiger partial charge in [-0.3, -0.25) is 0 Å². The molecule has 0 aliphatic rings. The number of nitrogens with zero attached hydrogens (tertiary/aromatic N) is 3. The van der Waals surface area contributed by atoms with E-state index in [4.69, 9.17) is 33.4 Å². The van der Waals surface area contributed by atoms with Crippen molar-refractivity contribution in [3.05, 3.63) is 88.9 Å². The van der Waals surface area contributed by atoms with Crippen LogP contribution < -0.4 is 0 Å². The van der Waals surface area contributed by atoms with Gasteiger partial charge in [-0.25, -0.2) is 0 Å². The minimum Gasteiger partial charge on any atom is -0.150 e. The van der Waals surface area contributed by atoms with Crippen LogP contribution in [-0.2, 0) is 0 Å². The van der Waals surface area contributed by atoms with Crippen LogP contribution in [0.1, 0.15) is 0 Å². The van der Waals surface area contributed by atoms with Gasteiger partial charge >= 0.3 is 0 Å². The van der Waals surface area contributed by atoms with Crippen LogP contribution in [0.15, 0.2) is 78.9 Å². The highest BCUT2D eigenvalue weighted by Crippen LogP contribution is 2.32. The van der Waals surface area contributed by atoms with Gasteiger partial charge in [0.05, 0.1) is 5.69 Å². The fraction of sp³-hybridized carbons (Fsp3) is 0. The second-order valence-electron chi connectivity index (χ2n) is 5.54. The minimum absolute atomic E-state index is 0.656. The maximum absolute atomic E-state index is 6.17. The molecular weight excluding hydrogens is 353 g/mol. The lowest BCUT2D eigenvalue weighted by Crippen LogP contribution is -1.98. The molecule has 0 saturated carbocycles. The summed E-state index contributed by atoms with van der Waals surface area (Å²) in [6.45, 7) is 0. The molecule has 0 N–H and O–H groups in total. The van der Waals surface area contributed by atoms with Gasteiger partial charge in [0.1, 0.15) is 11.4 Å². The van der Waals surface area contributed by atoms with Gasteiger partial charge in [-0.2, -0.15) is 4.80 Å². The molecule has 0 unspecified atom stereocenters. The largest absolute Gasteiger partial charge is 0.150 e. The molecule has 0 spiro atoms. The molecule has 1 heterocycles. The Hall–Kier alpha value is -2.62. The maximum atomic E-state index is 6.17. The SMILES string of the molecule is Clc1cccc(-c2nn(-c3ccccc3)nc2-c2cccc(Cl)c2)c1. The summed E-state index contributed by atoms with van der Waals surface area (Å²) >= 11 is 12.3. The summed E-state index contributed by atoms with van der Waals surface area (Å²) in [5, 5.41) is 10.7. The van der Waals surface area contributed by atoms with Gasteiger partial charge in [0, 0.05) is 21.2 Å². The fourth-order valence-corrected chi connectivity index (χ4v) is 3.02. The third-order valence-corrected chi connectivity index (χ3v) is 4.27. The highest BCUT2D eigenvalue weighted by molar-refractivity contribution is 6.31. The first-order chi connectivity index (χ1) is 12.2. The normalized spacial score (nSPS) is 10.8. The van der Waals surface area contributed by atoms with Gasteiger partial charge < -0.3 is 0 Å². The van der Waals surface area contributed by atoms with Gasteiger partial charge in [0.25, 0.3) is 0 Å². The molecule has 0 atom stereocenters. The predicted octanol–water partition coefficient (Wildman–Crippen LogP) is 5.91. The molecule has 3 nitrogen and oxygen atoms in total. The molecule has 0 radical (unpaired) electrons. The summed E-state index contributed by atoms with van der Waals surface area (Å²) < 4.78 is 0. The molecule has 1 aromatic heterocycles. The molecule has 25 heavy (non-hydrogen) atoms. The van der Waals surface area contributed by atoms with Crippen LogP contribution >= 0.6 is 23.2 Å². The van der Waals surface area contributed by atoms with Crippen molar-refractivity contribution >= 4 is 23.2 Å². The molecule has 3 aromatic carbocycles. The zero-order chi connectivity index (χ0) is 17.2. The topological polar surface area (TPSA) is 30.7 Å². The monoisotopic (exact) mass is 365 g/mol. The highest BCUT2D eigenvalue weighted by Gasteiger charge is 2.16. The molecule has 5 heteroatoms.